The number of pyridine rings is 1. The van der Waals surface area contributed by atoms with Gasteiger partial charge in [-0.05, 0) is 46.1 Å². The maximum absolute atomic E-state index is 12.4. The maximum atomic E-state index is 12.4. The van der Waals surface area contributed by atoms with E-state index in [0.29, 0.717) is 5.56 Å². The molecular weight excluding hydrogens is 279 g/mol. The van der Waals surface area contributed by atoms with Crippen molar-refractivity contribution in [2.24, 2.45) is 0 Å². The predicted molar refractivity (Wildman–Crippen MR) is 51.8 cm³/mol. The van der Waals surface area contributed by atoms with E-state index >= 15 is 0 Å². The molecule has 0 saturated carbocycles. The highest BCUT2D eigenvalue weighted by Crippen LogP contribution is 2.28. The Morgan fingerprint density at radius 1 is 1.64 bits per heavy atom. The molecule has 1 aromatic heterocycles. The van der Waals surface area contributed by atoms with Crippen molar-refractivity contribution in [3.05, 3.63) is 27.5 Å². The maximum Gasteiger partial charge on any atom is 0.281 e. The van der Waals surface area contributed by atoms with Crippen LogP contribution in [0.15, 0.2) is 10.5 Å². The third kappa shape index (κ3) is 2.27. The molecule has 0 amide bonds. The average molecular weight is 284 g/mol. The fourth-order valence-corrected chi connectivity index (χ4v) is 1.40. The lowest BCUT2D eigenvalue weighted by Crippen LogP contribution is -2.02. The molecule has 6 heteroatoms. The van der Waals surface area contributed by atoms with Crippen LogP contribution in [0.3, 0.4) is 0 Å². The van der Waals surface area contributed by atoms with Crippen molar-refractivity contribution in [2.75, 3.05) is 0 Å². The van der Waals surface area contributed by atoms with Crippen LogP contribution < -0.4 is 0 Å². The zero-order valence-electron chi connectivity index (χ0n) is 7.02. The van der Waals surface area contributed by atoms with E-state index < -0.39 is 17.4 Å². The van der Waals surface area contributed by atoms with E-state index in [1.165, 1.54) is 6.07 Å². The Balaban J connectivity index is 3.35. The Bertz CT molecular complexity index is 384. The first-order chi connectivity index (χ1) is 6.43. The molecule has 14 heavy (non-hydrogen) atoms. The third-order valence-corrected chi connectivity index (χ3v) is 2.80. The highest BCUT2D eigenvalue weighted by atomic mass is 79.9. The first-order valence-corrected chi connectivity index (χ1v) is 4.75. The van der Waals surface area contributed by atoms with Gasteiger partial charge in [0.2, 0.25) is 0 Å². The Labute approximate surface area is 92.4 Å². The molecule has 0 aliphatic heterocycles. The molecular formula is C8H5BrClF2NO. The average Bonchev–Trinajstić information content (AvgIpc) is 2.08. The molecule has 0 atom stereocenters. The van der Waals surface area contributed by atoms with E-state index in [-0.39, 0.29) is 10.2 Å². The van der Waals surface area contributed by atoms with Crippen molar-refractivity contribution < 1.29 is 13.6 Å². The number of aryl methyl sites for hydroxylation is 1. The quantitative estimate of drug-likeness (QED) is 0.778. The topological polar surface area (TPSA) is 30.0 Å². The van der Waals surface area contributed by atoms with Crippen LogP contribution in [0, 0.1) is 6.92 Å². The zero-order valence-corrected chi connectivity index (χ0v) is 9.36. The van der Waals surface area contributed by atoms with Gasteiger partial charge in [-0.1, -0.05) is 0 Å². The van der Waals surface area contributed by atoms with Gasteiger partial charge in [-0.15, -0.1) is 0 Å². The summed E-state index contributed by atoms with van der Waals surface area (Å²) in [7, 11) is 0. The molecule has 0 N–H and O–H groups in total. The fraction of sp³-hybridized carbons (Fsp3) is 0.250. The fourth-order valence-electron chi connectivity index (χ4n) is 0.927. The summed E-state index contributed by atoms with van der Waals surface area (Å²) in [5, 5.41) is -0.845. The number of alkyl halides is 2. The largest absolute Gasteiger partial charge is 0.281 e. The number of aromatic nitrogens is 1. The van der Waals surface area contributed by atoms with Gasteiger partial charge in [-0.3, -0.25) is 4.79 Å². The van der Waals surface area contributed by atoms with Gasteiger partial charge in [0.05, 0.1) is 0 Å². The first kappa shape index (κ1) is 11.5. The third-order valence-electron chi connectivity index (χ3n) is 1.57. The lowest BCUT2D eigenvalue weighted by molar-refractivity contribution is 0.107. The van der Waals surface area contributed by atoms with Gasteiger partial charge in [-0.25, -0.2) is 13.8 Å². The molecule has 0 radical (unpaired) electrons. The molecule has 0 aliphatic carbocycles. The van der Waals surface area contributed by atoms with Crippen LogP contribution in [-0.2, 0) is 0 Å². The summed E-state index contributed by atoms with van der Waals surface area (Å²) in [6.07, 6.45) is -2.74. The standard InChI is InChI=1S/C8H5BrClF2NO/c1-3-2-4(7(10)14)13-6(5(3)9)8(11)12/h2,8H,1H3. The molecule has 0 aliphatic rings. The van der Waals surface area contributed by atoms with Crippen LogP contribution in [0.5, 0.6) is 0 Å². The van der Waals surface area contributed by atoms with Crippen LogP contribution in [-0.4, -0.2) is 10.2 Å². The molecule has 0 aromatic carbocycles. The highest BCUT2D eigenvalue weighted by molar-refractivity contribution is 9.10. The lowest BCUT2D eigenvalue weighted by Gasteiger charge is -2.06. The number of rotatable bonds is 2. The van der Waals surface area contributed by atoms with Crippen molar-refractivity contribution in [1.29, 1.82) is 0 Å². The second-order valence-electron chi connectivity index (χ2n) is 2.60. The molecule has 0 saturated heterocycles. The number of hydrogen-bond acceptors (Lipinski definition) is 2. The van der Waals surface area contributed by atoms with E-state index in [9.17, 15) is 13.6 Å². The molecule has 2 nitrogen and oxygen atoms in total. The van der Waals surface area contributed by atoms with Crippen LogP contribution >= 0.6 is 27.5 Å². The van der Waals surface area contributed by atoms with Gasteiger partial charge in [0.1, 0.15) is 11.4 Å². The van der Waals surface area contributed by atoms with Crippen molar-refractivity contribution in [3.63, 3.8) is 0 Å². The second-order valence-corrected chi connectivity index (χ2v) is 3.73. The van der Waals surface area contributed by atoms with Crippen LogP contribution in [0.2, 0.25) is 0 Å². The summed E-state index contributed by atoms with van der Waals surface area (Å²) in [6, 6.07) is 1.35. The molecule has 0 unspecified atom stereocenters. The van der Waals surface area contributed by atoms with Crippen molar-refractivity contribution in [2.45, 2.75) is 13.3 Å². The lowest BCUT2D eigenvalue weighted by atomic mass is 10.2. The predicted octanol–water partition coefficient (Wildman–Crippen LogP) is 3.47. The molecule has 1 heterocycles. The van der Waals surface area contributed by atoms with Gasteiger partial charge in [0.15, 0.2) is 0 Å². The molecule has 0 fully saturated rings. The second kappa shape index (κ2) is 4.31. The van der Waals surface area contributed by atoms with Crippen molar-refractivity contribution in [3.8, 4) is 0 Å². The highest BCUT2D eigenvalue weighted by Gasteiger charge is 2.18. The summed E-state index contributed by atoms with van der Waals surface area (Å²) < 4.78 is 25.0. The summed E-state index contributed by atoms with van der Waals surface area (Å²) in [5.41, 5.74) is -0.129. The summed E-state index contributed by atoms with van der Waals surface area (Å²) in [5.74, 6) is 0. The van der Waals surface area contributed by atoms with Crippen LogP contribution in [0.25, 0.3) is 0 Å². The van der Waals surface area contributed by atoms with E-state index in [4.69, 9.17) is 11.6 Å². The monoisotopic (exact) mass is 283 g/mol. The Kier molecular flexibility index (Phi) is 3.55. The van der Waals surface area contributed by atoms with Gasteiger partial charge < -0.3 is 0 Å². The number of carbonyl (C=O) groups is 1. The Morgan fingerprint density at radius 2 is 2.21 bits per heavy atom. The minimum absolute atomic E-state index is 0.164. The minimum Gasteiger partial charge on any atom is -0.274 e. The van der Waals surface area contributed by atoms with Crippen LogP contribution in [0.1, 0.15) is 28.2 Å². The smallest absolute Gasteiger partial charge is 0.274 e. The van der Waals surface area contributed by atoms with Gasteiger partial charge in [0, 0.05) is 4.47 Å². The Hall–Kier alpha value is -0.550. The van der Waals surface area contributed by atoms with E-state index in [1.807, 2.05) is 0 Å². The van der Waals surface area contributed by atoms with E-state index in [1.54, 1.807) is 6.92 Å². The van der Waals surface area contributed by atoms with Gasteiger partial charge >= 0.3 is 0 Å². The number of nitrogens with zero attached hydrogens (tertiary/aromatic N) is 1. The van der Waals surface area contributed by atoms with Crippen molar-refractivity contribution >= 4 is 32.8 Å². The molecule has 1 aromatic rings. The number of hydrogen-bond donors (Lipinski definition) is 0. The Morgan fingerprint density at radius 3 is 2.64 bits per heavy atom. The summed E-state index contributed by atoms with van der Waals surface area (Å²) in [6.45, 7) is 1.58. The van der Waals surface area contributed by atoms with Gasteiger partial charge in [0.25, 0.3) is 11.7 Å². The van der Waals surface area contributed by atoms with E-state index in [2.05, 4.69) is 20.9 Å². The molecule has 0 spiro atoms. The van der Waals surface area contributed by atoms with Crippen molar-refractivity contribution in [1.82, 2.24) is 4.98 Å². The summed E-state index contributed by atoms with van der Waals surface area (Å²) >= 11 is 8.11. The molecule has 1 rings (SSSR count). The first-order valence-electron chi connectivity index (χ1n) is 3.58. The zero-order chi connectivity index (χ0) is 10.9. The van der Waals surface area contributed by atoms with E-state index in [0.717, 1.165) is 0 Å². The number of carbonyl (C=O) groups excluding carboxylic acids is 1. The minimum atomic E-state index is -2.74. The normalized spacial score (nSPS) is 10.7. The molecule has 0 bridgehead atoms. The summed E-state index contributed by atoms with van der Waals surface area (Å²) in [4.78, 5) is 14.2. The van der Waals surface area contributed by atoms with Crippen LogP contribution in [0.4, 0.5) is 8.78 Å². The molecule has 76 valence electrons. The SMILES string of the molecule is Cc1cc(C(=O)Cl)nc(C(F)F)c1Br. The number of halogens is 4. The van der Waals surface area contributed by atoms with Gasteiger partial charge in [-0.2, -0.15) is 0 Å².